The van der Waals surface area contributed by atoms with E-state index in [1.165, 1.54) is 0 Å². The first kappa shape index (κ1) is 39.2. The van der Waals surface area contributed by atoms with Crippen molar-refractivity contribution in [2.24, 2.45) is 35.5 Å². The van der Waals surface area contributed by atoms with Gasteiger partial charge in [-0.1, -0.05) is 13.3 Å². The molecule has 0 saturated heterocycles. The molecule has 1 aromatic rings. The lowest BCUT2D eigenvalue weighted by Crippen LogP contribution is -2.52. The molecule has 0 spiro atoms. The van der Waals surface area contributed by atoms with Gasteiger partial charge < -0.3 is 18.9 Å². The summed E-state index contributed by atoms with van der Waals surface area (Å²) in [6.45, 7) is 1.84. The van der Waals surface area contributed by atoms with Gasteiger partial charge in [0.05, 0.1) is 13.7 Å². The molecule has 18 heteroatoms. The van der Waals surface area contributed by atoms with Crippen LogP contribution in [0.15, 0.2) is 0 Å². The topological polar surface area (TPSA) is 105 Å². The van der Waals surface area contributed by atoms with Crippen LogP contribution in [0, 0.1) is 58.8 Å². The molecule has 0 radical (unpaired) electrons. The Morgan fingerprint density at radius 2 is 1.14 bits per heavy atom. The van der Waals surface area contributed by atoms with Crippen LogP contribution in [0.25, 0.3) is 0 Å². The van der Waals surface area contributed by atoms with Crippen molar-refractivity contribution in [2.45, 2.75) is 89.3 Å². The minimum Gasteiger partial charge on any atom is -0.462 e. The molecule has 0 heterocycles. The third kappa shape index (κ3) is 7.12. The summed E-state index contributed by atoms with van der Waals surface area (Å²) in [7, 11) is 0.595. The van der Waals surface area contributed by atoms with E-state index in [1.54, 1.807) is 0 Å². The van der Waals surface area contributed by atoms with Gasteiger partial charge in [-0.3, -0.25) is 0 Å². The monoisotopic (exact) mass is 736 g/mol. The Kier molecular flexibility index (Phi) is 10.9. The molecule has 8 atom stereocenters. The summed E-state index contributed by atoms with van der Waals surface area (Å²) in [5.41, 5.74) is -12.1. The van der Waals surface area contributed by atoms with Gasteiger partial charge in [0.15, 0.2) is 23.3 Å². The van der Waals surface area contributed by atoms with E-state index in [-0.39, 0.29) is 26.4 Å². The van der Waals surface area contributed by atoms with E-state index >= 15 is 8.78 Å². The average Bonchev–Trinajstić information content (AvgIpc) is 3.73. The van der Waals surface area contributed by atoms with Crippen molar-refractivity contribution < 1.29 is 82.0 Å². The highest BCUT2D eigenvalue weighted by atomic mass is 19.4. The van der Waals surface area contributed by atoms with Crippen molar-refractivity contribution >= 4 is 23.9 Å². The number of rotatable bonds is 10. The molecule has 3 aliphatic carbocycles. The van der Waals surface area contributed by atoms with E-state index in [0.29, 0.717) is 49.5 Å². The van der Waals surface area contributed by atoms with Crippen molar-refractivity contribution in [1.29, 1.82) is 0 Å². The van der Waals surface area contributed by atoms with E-state index in [9.17, 15) is 54.3 Å². The number of carbonyl (C=O) groups excluding carboxylic acids is 4. The third-order valence-electron chi connectivity index (χ3n) is 10.6. The summed E-state index contributed by atoms with van der Waals surface area (Å²) < 4.78 is 160. The fourth-order valence-electron chi connectivity index (χ4n) is 7.75. The number of hydrogen-bond acceptors (Lipinski definition) is 8. The number of halogens is 10. The molecule has 0 aromatic heterocycles. The number of alkyl halides is 6. The van der Waals surface area contributed by atoms with Gasteiger partial charge in [-0.05, 0) is 75.0 Å². The lowest BCUT2D eigenvalue weighted by molar-refractivity contribution is -0.282. The van der Waals surface area contributed by atoms with Gasteiger partial charge >= 0.3 is 36.2 Å². The van der Waals surface area contributed by atoms with Crippen molar-refractivity contribution in [3.8, 4) is 0 Å². The standard InChI is InChI=1S/C32H34F10O8/c1-5-14-10-15-11-17(14)18-9-13(8-16(15)18)12-48-25(43)19-21(33)23(35)20(24(36)22(19)34)26(44)49-29(2,31(37,38)39)6-7-30(3,32(40,41)42)50-28(46)27(45)47-4/h13-18H,5-12H2,1-4H3. The number of ether oxygens (including phenoxy) is 4. The van der Waals surface area contributed by atoms with E-state index < -0.39 is 94.7 Å². The van der Waals surface area contributed by atoms with E-state index in [4.69, 9.17) is 4.74 Å². The second-order valence-electron chi connectivity index (χ2n) is 13.6. The maximum atomic E-state index is 15.0. The molecule has 0 amide bonds. The molecule has 0 N–H and O–H groups in total. The first-order valence-corrected chi connectivity index (χ1v) is 15.7. The first-order chi connectivity index (χ1) is 23.0. The molecule has 2 bridgehead atoms. The summed E-state index contributed by atoms with van der Waals surface area (Å²) >= 11 is 0. The molecule has 1 aromatic carbocycles. The molecular weight excluding hydrogens is 702 g/mol. The van der Waals surface area contributed by atoms with Crippen LogP contribution in [0.5, 0.6) is 0 Å². The Balaban J connectivity index is 1.51. The second-order valence-corrected chi connectivity index (χ2v) is 13.6. The molecular formula is C32H34F10O8. The lowest BCUT2D eigenvalue weighted by Gasteiger charge is -2.36. The van der Waals surface area contributed by atoms with E-state index in [2.05, 4.69) is 21.1 Å². The normalized spacial score (nSPS) is 26.8. The highest BCUT2D eigenvalue weighted by molar-refractivity contribution is 6.29. The average molecular weight is 737 g/mol. The number of carbonyl (C=O) groups is 4. The molecule has 8 unspecified atom stereocenters. The van der Waals surface area contributed by atoms with Crippen LogP contribution in [0.1, 0.15) is 86.4 Å². The van der Waals surface area contributed by atoms with Crippen LogP contribution in [-0.4, -0.2) is 61.1 Å². The van der Waals surface area contributed by atoms with Crippen LogP contribution in [0.3, 0.4) is 0 Å². The summed E-state index contributed by atoms with van der Waals surface area (Å²) in [4.78, 5) is 48.2. The number of hydrogen-bond donors (Lipinski definition) is 0. The van der Waals surface area contributed by atoms with Crippen molar-refractivity contribution in [1.82, 2.24) is 0 Å². The van der Waals surface area contributed by atoms with Crippen molar-refractivity contribution in [3.05, 3.63) is 34.4 Å². The summed E-state index contributed by atoms with van der Waals surface area (Å²) in [6, 6.07) is 0. The van der Waals surface area contributed by atoms with Crippen LogP contribution >= 0.6 is 0 Å². The predicted octanol–water partition coefficient (Wildman–Crippen LogP) is 7.40. The Morgan fingerprint density at radius 3 is 1.62 bits per heavy atom. The fraction of sp³-hybridized carbons (Fsp3) is 0.688. The molecule has 0 aliphatic heterocycles. The van der Waals surface area contributed by atoms with Gasteiger partial charge in [0.2, 0.25) is 11.2 Å². The van der Waals surface area contributed by atoms with Crippen molar-refractivity contribution in [2.75, 3.05) is 13.7 Å². The van der Waals surface area contributed by atoms with E-state index in [1.807, 2.05) is 0 Å². The van der Waals surface area contributed by atoms with Crippen LogP contribution in [0.4, 0.5) is 43.9 Å². The lowest BCUT2D eigenvalue weighted by atomic mass is 9.75. The number of benzene rings is 1. The highest BCUT2D eigenvalue weighted by Crippen LogP contribution is 2.62. The quantitative estimate of drug-likeness (QED) is 0.0805. The molecule has 3 fully saturated rings. The maximum absolute atomic E-state index is 15.0. The molecule has 50 heavy (non-hydrogen) atoms. The minimum atomic E-state index is -5.80. The number of methoxy groups -OCH3 is 1. The summed E-state index contributed by atoms with van der Waals surface area (Å²) in [5.74, 6) is -16.7. The van der Waals surface area contributed by atoms with Gasteiger partial charge in [0.1, 0.15) is 11.1 Å². The van der Waals surface area contributed by atoms with Crippen molar-refractivity contribution in [3.63, 3.8) is 0 Å². The van der Waals surface area contributed by atoms with Gasteiger partial charge in [0, 0.05) is 12.8 Å². The van der Waals surface area contributed by atoms with Gasteiger partial charge in [-0.25, -0.2) is 36.7 Å². The van der Waals surface area contributed by atoms with Gasteiger partial charge in [-0.2, -0.15) is 26.3 Å². The Bertz CT molecular complexity index is 1500. The zero-order chi connectivity index (χ0) is 37.7. The smallest absolute Gasteiger partial charge is 0.428 e. The third-order valence-corrected chi connectivity index (χ3v) is 10.6. The molecule has 280 valence electrons. The van der Waals surface area contributed by atoms with Gasteiger partial charge in [0.25, 0.3) is 0 Å². The molecule has 4 rings (SSSR count). The largest absolute Gasteiger partial charge is 0.462 e. The van der Waals surface area contributed by atoms with Crippen LogP contribution in [-0.2, 0) is 28.5 Å². The Labute approximate surface area is 279 Å². The fourth-order valence-corrected chi connectivity index (χ4v) is 7.75. The summed E-state index contributed by atoms with van der Waals surface area (Å²) in [5, 5.41) is 0. The zero-order valence-corrected chi connectivity index (χ0v) is 27.2. The predicted molar refractivity (Wildman–Crippen MR) is 148 cm³/mol. The van der Waals surface area contributed by atoms with Crippen LogP contribution in [0.2, 0.25) is 0 Å². The number of esters is 4. The zero-order valence-electron chi connectivity index (χ0n) is 27.2. The highest BCUT2D eigenvalue weighted by Gasteiger charge is 2.61. The van der Waals surface area contributed by atoms with Crippen LogP contribution < -0.4 is 0 Å². The number of fused-ring (bicyclic) bond motifs is 5. The van der Waals surface area contributed by atoms with Gasteiger partial charge in [-0.15, -0.1) is 0 Å². The summed E-state index contributed by atoms with van der Waals surface area (Å²) in [6.07, 6.45) is -10.6. The molecule has 8 nitrogen and oxygen atoms in total. The first-order valence-electron chi connectivity index (χ1n) is 15.7. The SMILES string of the molecule is CCC1CC2CC1C1CC(COC(=O)c3c(F)c(F)c(C(=O)OC(C)(CCC(C)(OC(=O)C(=O)OC)C(F)(F)F)C(F)(F)F)c(F)c3F)CC21. The molecule has 3 saturated carbocycles. The Hall–Kier alpha value is -3.60. The Morgan fingerprint density at radius 1 is 0.660 bits per heavy atom. The molecule has 3 aliphatic rings. The van der Waals surface area contributed by atoms with E-state index in [0.717, 1.165) is 19.3 Å². The minimum absolute atomic E-state index is 0.0247. The maximum Gasteiger partial charge on any atom is 0.428 e. The second kappa shape index (κ2) is 13.8.